The first-order valence-electron chi connectivity index (χ1n) is 9.91. The molecular formula is C24H34N2O. The van der Waals surface area contributed by atoms with Gasteiger partial charge < -0.3 is 10.4 Å². The molecule has 0 radical (unpaired) electrons. The maximum atomic E-state index is 10.1. The van der Waals surface area contributed by atoms with E-state index in [1.165, 1.54) is 11.1 Å². The van der Waals surface area contributed by atoms with Gasteiger partial charge in [0, 0.05) is 31.7 Å². The third-order valence-electron chi connectivity index (χ3n) is 4.82. The predicted octanol–water partition coefficient (Wildman–Crippen LogP) is 4.24. The smallest absolute Gasteiger partial charge is 0.0600 e. The van der Waals surface area contributed by atoms with Gasteiger partial charge in [-0.25, -0.2) is 0 Å². The standard InChI is InChI=1S/C24H34N2O/c1-4-15-25-23(19-27)24(16-20(2)3)26(17-21-11-7-5-8-12-21)18-22-13-9-6-10-14-22/h4-14,20,23-25,27H,1,15-19H2,2-3H3/t23-,24-/m0/s1. The minimum absolute atomic E-state index is 0.0119. The summed E-state index contributed by atoms with van der Waals surface area (Å²) in [6, 6.07) is 21.4. The lowest BCUT2D eigenvalue weighted by Crippen LogP contribution is -2.52. The van der Waals surface area contributed by atoms with E-state index in [2.05, 4.69) is 91.3 Å². The summed E-state index contributed by atoms with van der Waals surface area (Å²) in [5, 5.41) is 13.6. The second-order valence-corrected chi connectivity index (χ2v) is 7.56. The van der Waals surface area contributed by atoms with Gasteiger partial charge in [-0.05, 0) is 23.5 Å². The van der Waals surface area contributed by atoms with Crippen molar-refractivity contribution < 1.29 is 5.11 Å². The van der Waals surface area contributed by atoms with Crippen LogP contribution in [0.4, 0.5) is 0 Å². The first-order chi connectivity index (χ1) is 13.1. The molecule has 0 saturated carbocycles. The lowest BCUT2D eigenvalue weighted by Gasteiger charge is -2.38. The fourth-order valence-electron chi connectivity index (χ4n) is 3.53. The van der Waals surface area contributed by atoms with Crippen LogP contribution in [0.15, 0.2) is 73.3 Å². The van der Waals surface area contributed by atoms with E-state index in [1.54, 1.807) is 0 Å². The fourth-order valence-corrected chi connectivity index (χ4v) is 3.53. The van der Waals surface area contributed by atoms with Gasteiger partial charge in [0.05, 0.1) is 6.61 Å². The molecule has 146 valence electrons. The van der Waals surface area contributed by atoms with Crippen LogP contribution < -0.4 is 5.32 Å². The van der Waals surface area contributed by atoms with Crippen LogP contribution >= 0.6 is 0 Å². The van der Waals surface area contributed by atoms with Crippen molar-refractivity contribution in [1.29, 1.82) is 0 Å². The molecule has 0 spiro atoms. The Kier molecular flexibility index (Phi) is 9.26. The summed E-state index contributed by atoms with van der Waals surface area (Å²) in [4.78, 5) is 2.50. The Morgan fingerprint density at radius 3 is 1.89 bits per heavy atom. The van der Waals surface area contributed by atoms with Crippen molar-refractivity contribution in [3.63, 3.8) is 0 Å². The van der Waals surface area contributed by atoms with Crippen molar-refractivity contribution in [2.45, 2.75) is 45.4 Å². The zero-order valence-corrected chi connectivity index (χ0v) is 16.7. The highest BCUT2D eigenvalue weighted by Gasteiger charge is 2.27. The number of aliphatic hydroxyl groups is 1. The van der Waals surface area contributed by atoms with Crippen molar-refractivity contribution >= 4 is 0 Å². The second-order valence-electron chi connectivity index (χ2n) is 7.56. The highest BCUT2D eigenvalue weighted by molar-refractivity contribution is 5.17. The summed E-state index contributed by atoms with van der Waals surface area (Å²) in [5.74, 6) is 0.545. The van der Waals surface area contributed by atoms with E-state index >= 15 is 0 Å². The van der Waals surface area contributed by atoms with E-state index in [1.807, 2.05) is 6.08 Å². The zero-order valence-electron chi connectivity index (χ0n) is 16.7. The van der Waals surface area contributed by atoms with Crippen molar-refractivity contribution in [3.8, 4) is 0 Å². The Bertz CT molecular complexity index is 600. The molecule has 0 bridgehead atoms. The number of hydrogen-bond acceptors (Lipinski definition) is 3. The zero-order chi connectivity index (χ0) is 19.5. The van der Waals surface area contributed by atoms with E-state index in [4.69, 9.17) is 0 Å². The lowest BCUT2D eigenvalue weighted by atomic mass is 9.94. The molecule has 0 amide bonds. The van der Waals surface area contributed by atoms with Crippen molar-refractivity contribution in [1.82, 2.24) is 10.2 Å². The molecule has 3 heteroatoms. The molecule has 2 atom stereocenters. The van der Waals surface area contributed by atoms with Crippen molar-refractivity contribution in [3.05, 3.63) is 84.4 Å². The van der Waals surface area contributed by atoms with E-state index in [9.17, 15) is 5.11 Å². The molecule has 0 saturated heterocycles. The molecule has 2 aromatic carbocycles. The van der Waals surface area contributed by atoms with Gasteiger partial charge in [-0.15, -0.1) is 6.58 Å². The summed E-state index contributed by atoms with van der Waals surface area (Å²) < 4.78 is 0. The van der Waals surface area contributed by atoms with Crippen LogP contribution in [0.5, 0.6) is 0 Å². The number of nitrogens with zero attached hydrogens (tertiary/aromatic N) is 1. The maximum absolute atomic E-state index is 10.1. The topological polar surface area (TPSA) is 35.5 Å². The van der Waals surface area contributed by atoms with Gasteiger partial charge >= 0.3 is 0 Å². The summed E-state index contributed by atoms with van der Waals surface area (Å²) in [7, 11) is 0. The Labute approximate surface area is 164 Å². The van der Waals surface area contributed by atoms with E-state index < -0.39 is 0 Å². The third-order valence-corrected chi connectivity index (χ3v) is 4.82. The molecule has 0 unspecified atom stereocenters. The monoisotopic (exact) mass is 366 g/mol. The Morgan fingerprint density at radius 2 is 1.48 bits per heavy atom. The Hall–Kier alpha value is -1.94. The van der Waals surface area contributed by atoms with Gasteiger partial charge in [-0.2, -0.15) is 0 Å². The largest absolute Gasteiger partial charge is 0.395 e. The molecule has 2 N–H and O–H groups in total. The quantitative estimate of drug-likeness (QED) is 0.552. The molecule has 0 fully saturated rings. The second kappa shape index (κ2) is 11.7. The minimum Gasteiger partial charge on any atom is -0.395 e. The van der Waals surface area contributed by atoms with Crippen LogP contribution in [0, 0.1) is 5.92 Å². The number of rotatable bonds is 12. The SMILES string of the molecule is C=CCN[C@@H](CO)[C@H](CC(C)C)N(Cc1ccccc1)Cc1ccccc1. The van der Waals surface area contributed by atoms with Crippen LogP contribution in [0.2, 0.25) is 0 Å². The van der Waals surface area contributed by atoms with E-state index in [-0.39, 0.29) is 18.7 Å². The number of hydrogen-bond donors (Lipinski definition) is 2. The van der Waals surface area contributed by atoms with Gasteiger partial charge in [0.25, 0.3) is 0 Å². The van der Waals surface area contributed by atoms with E-state index in [0.717, 1.165) is 19.5 Å². The summed E-state index contributed by atoms with van der Waals surface area (Å²) in [6.07, 6.45) is 2.88. The molecular weight excluding hydrogens is 332 g/mol. The molecule has 0 aliphatic rings. The van der Waals surface area contributed by atoms with Gasteiger partial charge in [-0.1, -0.05) is 80.6 Å². The van der Waals surface area contributed by atoms with Crippen LogP contribution in [0.1, 0.15) is 31.4 Å². The molecule has 0 heterocycles. The minimum atomic E-state index is 0.0119. The number of aliphatic hydroxyl groups excluding tert-OH is 1. The molecule has 2 aromatic rings. The fraction of sp³-hybridized carbons (Fsp3) is 0.417. The first-order valence-corrected chi connectivity index (χ1v) is 9.91. The number of benzene rings is 2. The van der Waals surface area contributed by atoms with Gasteiger partial charge in [0.1, 0.15) is 0 Å². The molecule has 0 aliphatic heterocycles. The maximum Gasteiger partial charge on any atom is 0.0600 e. The first kappa shape index (κ1) is 21.4. The molecule has 0 aliphatic carbocycles. The molecule has 27 heavy (non-hydrogen) atoms. The van der Waals surface area contributed by atoms with Gasteiger partial charge in [0.2, 0.25) is 0 Å². The highest BCUT2D eigenvalue weighted by atomic mass is 16.3. The third kappa shape index (κ3) is 7.30. The normalized spacial score (nSPS) is 13.7. The summed E-state index contributed by atoms with van der Waals surface area (Å²) in [5.41, 5.74) is 2.59. The van der Waals surface area contributed by atoms with Gasteiger partial charge in [0.15, 0.2) is 0 Å². The Morgan fingerprint density at radius 1 is 0.963 bits per heavy atom. The molecule has 3 nitrogen and oxygen atoms in total. The molecule has 0 aromatic heterocycles. The summed E-state index contributed by atoms with van der Waals surface area (Å²) >= 11 is 0. The van der Waals surface area contributed by atoms with E-state index in [0.29, 0.717) is 12.5 Å². The predicted molar refractivity (Wildman–Crippen MR) is 114 cm³/mol. The highest BCUT2D eigenvalue weighted by Crippen LogP contribution is 2.21. The van der Waals surface area contributed by atoms with Gasteiger partial charge in [-0.3, -0.25) is 4.90 Å². The van der Waals surface area contributed by atoms with Crippen LogP contribution in [-0.2, 0) is 13.1 Å². The van der Waals surface area contributed by atoms with Crippen LogP contribution in [-0.4, -0.2) is 35.2 Å². The Balaban J connectivity index is 2.29. The molecule has 2 rings (SSSR count). The van der Waals surface area contributed by atoms with Crippen LogP contribution in [0.25, 0.3) is 0 Å². The van der Waals surface area contributed by atoms with Crippen molar-refractivity contribution in [2.24, 2.45) is 5.92 Å². The average Bonchev–Trinajstić information content (AvgIpc) is 2.68. The summed E-state index contributed by atoms with van der Waals surface area (Å²) in [6.45, 7) is 10.8. The lowest BCUT2D eigenvalue weighted by molar-refractivity contribution is 0.0910. The average molecular weight is 367 g/mol. The van der Waals surface area contributed by atoms with Crippen LogP contribution in [0.3, 0.4) is 0 Å². The number of nitrogens with one attached hydrogen (secondary N) is 1. The van der Waals surface area contributed by atoms with Crippen molar-refractivity contribution in [2.75, 3.05) is 13.2 Å².